The first-order valence-corrected chi connectivity index (χ1v) is 28.8. The number of hydrogen-bond donors (Lipinski definition) is 1. The molecule has 0 heterocycles. The van der Waals surface area contributed by atoms with E-state index < -0.39 is 24.3 Å². The number of carboxylic acids is 1. The predicted octanol–water partition coefficient (Wildman–Crippen LogP) is 16.8. The van der Waals surface area contributed by atoms with Gasteiger partial charge in [-0.05, 0) is 89.9 Å². The fraction of sp³-hybridized carbons (Fsp3) is 0.726. The molecule has 9 heteroatoms. The van der Waals surface area contributed by atoms with Gasteiger partial charge in [0.25, 0.3) is 6.29 Å². The van der Waals surface area contributed by atoms with Crippen molar-refractivity contribution >= 4 is 17.9 Å². The lowest BCUT2D eigenvalue weighted by Crippen LogP contribution is -2.40. The molecule has 0 bridgehead atoms. The summed E-state index contributed by atoms with van der Waals surface area (Å²) in [4.78, 5) is 37.4. The number of esters is 2. The number of carbonyl (C=O) groups is 3. The first-order valence-electron chi connectivity index (χ1n) is 28.8. The summed E-state index contributed by atoms with van der Waals surface area (Å²) in [5, 5.41) is 9.70. The second-order valence-electron chi connectivity index (χ2n) is 20.2. The van der Waals surface area contributed by atoms with Crippen LogP contribution in [0.3, 0.4) is 0 Å². The fourth-order valence-electron chi connectivity index (χ4n) is 7.72. The van der Waals surface area contributed by atoms with E-state index in [0.717, 1.165) is 83.5 Å². The summed E-state index contributed by atoms with van der Waals surface area (Å²) in [6.45, 7) is 4.73. The lowest BCUT2D eigenvalue weighted by atomic mass is 10.0. The van der Waals surface area contributed by atoms with Gasteiger partial charge in [0.2, 0.25) is 0 Å². The quantitative estimate of drug-likeness (QED) is 0.0211. The number of quaternary nitrogens is 1. The molecule has 0 saturated heterocycles. The van der Waals surface area contributed by atoms with Gasteiger partial charge in [-0.25, -0.2) is 4.79 Å². The van der Waals surface area contributed by atoms with Crippen molar-refractivity contribution in [1.29, 1.82) is 0 Å². The maximum atomic E-state index is 12.9. The molecule has 408 valence electrons. The molecule has 2 unspecified atom stereocenters. The predicted molar refractivity (Wildman–Crippen MR) is 299 cm³/mol. The zero-order valence-corrected chi connectivity index (χ0v) is 46.4. The summed E-state index contributed by atoms with van der Waals surface area (Å²) in [5.74, 6) is -2.02. The summed E-state index contributed by atoms with van der Waals surface area (Å²) < 4.78 is 22.9. The molecule has 0 aromatic rings. The van der Waals surface area contributed by atoms with Crippen molar-refractivity contribution in [2.45, 2.75) is 245 Å². The number of aliphatic carboxylic acids is 1. The summed E-state index contributed by atoms with van der Waals surface area (Å²) in [5.41, 5.74) is 0. The van der Waals surface area contributed by atoms with Gasteiger partial charge in [0, 0.05) is 12.8 Å². The van der Waals surface area contributed by atoms with Gasteiger partial charge in [0.05, 0.1) is 34.4 Å². The molecule has 2 atom stereocenters. The van der Waals surface area contributed by atoms with Crippen molar-refractivity contribution in [2.75, 3.05) is 47.5 Å². The highest BCUT2D eigenvalue weighted by Gasteiger charge is 2.25. The number of hydrogen-bond acceptors (Lipinski definition) is 7. The van der Waals surface area contributed by atoms with Gasteiger partial charge in [-0.3, -0.25) is 9.59 Å². The van der Waals surface area contributed by atoms with Crippen LogP contribution in [0.1, 0.15) is 232 Å². The molecule has 0 aliphatic heterocycles. The minimum atomic E-state index is -1.52. The highest BCUT2D eigenvalue weighted by Crippen LogP contribution is 2.16. The smallest absolute Gasteiger partial charge is 0.361 e. The Hall–Kier alpha value is -3.53. The number of carboxylic acid groups (broad SMARTS) is 1. The minimum Gasteiger partial charge on any atom is -0.477 e. The van der Waals surface area contributed by atoms with E-state index in [1.165, 1.54) is 116 Å². The van der Waals surface area contributed by atoms with E-state index in [-0.39, 0.29) is 38.6 Å². The van der Waals surface area contributed by atoms with Gasteiger partial charge in [0.1, 0.15) is 13.2 Å². The third kappa shape index (κ3) is 54.1. The average Bonchev–Trinajstić information content (AvgIpc) is 3.34. The zero-order chi connectivity index (χ0) is 52.0. The molecule has 0 aromatic carbocycles. The Morgan fingerprint density at radius 3 is 1.20 bits per heavy atom. The summed E-state index contributed by atoms with van der Waals surface area (Å²) >= 11 is 0. The van der Waals surface area contributed by atoms with Crippen LogP contribution < -0.4 is 0 Å². The van der Waals surface area contributed by atoms with Gasteiger partial charge >= 0.3 is 17.9 Å². The molecule has 1 N–H and O–H groups in total. The summed E-state index contributed by atoms with van der Waals surface area (Å²) in [6, 6.07) is 0. The van der Waals surface area contributed by atoms with E-state index in [9.17, 15) is 19.5 Å². The van der Waals surface area contributed by atoms with Crippen LogP contribution in [0.15, 0.2) is 85.1 Å². The van der Waals surface area contributed by atoms with Crippen LogP contribution in [0.25, 0.3) is 0 Å². The number of nitrogens with zero attached hydrogens (tertiary/aromatic N) is 1. The third-order valence-electron chi connectivity index (χ3n) is 12.1. The number of ether oxygens (including phenoxy) is 4. The molecular formula is C62H108NO8+. The van der Waals surface area contributed by atoms with Crippen molar-refractivity contribution in [3.63, 3.8) is 0 Å². The van der Waals surface area contributed by atoms with Crippen LogP contribution in [0, 0.1) is 0 Å². The Balaban J connectivity index is 4.26. The first-order chi connectivity index (χ1) is 34.6. The Bertz CT molecular complexity index is 1440. The van der Waals surface area contributed by atoms with Crippen molar-refractivity contribution in [1.82, 2.24) is 0 Å². The van der Waals surface area contributed by atoms with Gasteiger partial charge in [-0.15, -0.1) is 0 Å². The lowest BCUT2D eigenvalue weighted by Gasteiger charge is -2.25. The molecule has 0 radical (unpaired) electrons. The Morgan fingerprint density at radius 2 is 0.803 bits per heavy atom. The Morgan fingerprint density at radius 1 is 0.437 bits per heavy atom. The molecule has 0 amide bonds. The van der Waals surface area contributed by atoms with E-state index in [1.54, 1.807) is 0 Å². The maximum Gasteiger partial charge on any atom is 0.361 e. The molecule has 0 saturated carbocycles. The fourth-order valence-corrected chi connectivity index (χ4v) is 7.72. The molecule has 0 rings (SSSR count). The van der Waals surface area contributed by atoms with Crippen molar-refractivity contribution in [3.8, 4) is 0 Å². The van der Waals surface area contributed by atoms with Crippen LogP contribution in [-0.2, 0) is 33.3 Å². The lowest BCUT2D eigenvalue weighted by molar-refractivity contribution is -0.870. The molecule has 0 spiro atoms. The molecule has 9 nitrogen and oxygen atoms in total. The van der Waals surface area contributed by atoms with Gasteiger partial charge < -0.3 is 28.5 Å². The van der Waals surface area contributed by atoms with Crippen LogP contribution in [-0.4, -0.2) is 87.4 Å². The second kappa shape index (κ2) is 52.8. The van der Waals surface area contributed by atoms with Crippen LogP contribution >= 0.6 is 0 Å². The first kappa shape index (κ1) is 67.5. The summed E-state index contributed by atoms with van der Waals surface area (Å²) in [7, 11) is 5.96. The third-order valence-corrected chi connectivity index (χ3v) is 12.1. The van der Waals surface area contributed by atoms with Crippen molar-refractivity contribution < 1.29 is 42.9 Å². The van der Waals surface area contributed by atoms with Gasteiger partial charge in [-0.2, -0.15) is 0 Å². The number of likely N-dealkylation sites (N-methyl/N-ethyl adjacent to an activating group) is 1. The molecular weight excluding hydrogens is 887 g/mol. The van der Waals surface area contributed by atoms with Gasteiger partial charge in [0.15, 0.2) is 6.10 Å². The number of rotatable bonds is 52. The average molecular weight is 996 g/mol. The van der Waals surface area contributed by atoms with Crippen LogP contribution in [0.5, 0.6) is 0 Å². The van der Waals surface area contributed by atoms with E-state index in [1.807, 2.05) is 21.1 Å². The highest BCUT2D eigenvalue weighted by atomic mass is 16.7. The SMILES string of the molecule is CC/C=C\C/C=C\C/C=C\C/C=C\CCCCCCCCCCCCCCCCC(=O)OC(COC(=O)CCCCCCCC/C=C\C/C=C\C/C=C\CCCCC)COC(OCC[N+](C)(C)C)C(=O)O. The number of unbranched alkanes of at least 4 members (excludes halogenated alkanes) is 23. The molecule has 0 aromatic heterocycles. The van der Waals surface area contributed by atoms with Crippen molar-refractivity contribution in [2.24, 2.45) is 0 Å². The minimum absolute atomic E-state index is 0.182. The van der Waals surface area contributed by atoms with Crippen LogP contribution in [0.2, 0.25) is 0 Å². The molecule has 71 heavy (non-hydrogen) atoms. The molecule has 0 aliphatic carbocycles. The monoisotopic (exact) mass is 995 g/mol. The largest absolute Gasteiger partial charge is 0.477 e. The molecule has 0 fully saturated rings. The highest BCUT2D eigenvalue weighted by molar-refractivity contribution is 5.71. The van der Waals surface area contributed by atoms with Crippen LogP contribution in [0.4, 0.5) is 0 Å². The van der Waals surface area contributed by atoms with E-state index in [2.05, 4.69) is 98.9 Å². The van der Waals surface area contributed by atoms with Crippen molar-refractivity contribution in [3.05, 3.63) is 85.1 Å². The number of allylic oxidation sites excluding steroid dienone is 14. The van der Waals surface area contributed by atoms with Gasteiger partial charge in [-0.1, -0.05) is 214 Å². The Kier molecular flexibility index (Phi) is 50.2. The van der Waals surface area contributed by atoms with E-state index >= 15 is 0 Å². The topological polar surface area (TPSA) is 108 Å². The number of carbonyl (C=O) groups excluding carboxylic acids is 2. The normalized spacial score (nSPS) is 13.4. The second-order valence-corrected chi connectivity index (χ2v) is 20.2. The maximum absolute atomic E-state index is 12.9. The standard InChI is InChI=1S/C62H107NO8/c1-6-8-10-12-14-16-18-20-22-24-26-27-28-29-30-31-32-33-35-37-39-41-43-45-47-49-51-53-60(65)71-58(57-70-62(61(66)67)68-55-54-63(3,4)5)56-69-59(64)52-50-48-46-44-42-40-38-36-34-25-23-21-19-17-15-13-11-9-7-2/h8,10,14-17,20-23,26-27,34,36,58,62H,6-7,9,11-13,18-19,24-25,28-33,35,37-57H2,1-5H3/p+1/b10-8-,16-14-,17-15-,22-20-,23-21-,27-26-,36-34-. The zero-order valence-electron chi connectivity index (χ0n) is 46.4. The van der Waals surface area contributed by atoms with E-state index in [4.69, 9.17) is 18.9 Å². The molecule has 0 aliphatic rings. The Labute approximate surface area is 436 Å². The van der Waals surface area contributed by atoms with E-state index in [0.29, 0.717) is 17.4 Å². The summed E-state index contributed by atoms with van der Waals surface area (Å²) in [6.07, 6.45) is 66.5.